The topological polar surface area (TPSA) is 209 Å². The van der Waals surface area contributed by atoms with Crippen molar-refractivity contribution in [3.8, 4) is 22.9 Å². The molecule has 3 fully saturated rings. The molecule has 3 heterocycles. The van der Waals surface area contributed by atoms with Crippen LogP contribution in [0.5, 0.6) is 11.5 Å². The summed E-state index contributed by atoms with van der Waals surface area (Å²) in [4.78, 5) is 68.2. The van der Waals surface area contributed by atoms with Crippen LogP contribution in [-0.2, 0) is 32.7 Å². The lowest BCUT2D eigenvalue weighted by molar-refractivity contribution is -0.143. The van der Waals surface area contributed by atoms with Crippen LogP contribution in [0.25, 0.3) is 22.3 Å². The van der Waals surface area contributed by atoms with E-state index in [1.54, 1.807) is 59.1 Å². The van der Waals surface area contributed by atoms with E-state index in [-0.39, 0.29) is 31.5 Å². The van der Waals surface area contributed by atoms with Crippen molar-refractivity contribution in [3.63, 3.8) is 0 Å². The van der Waals surface area contributed by atoms with Crippen LogP contribution >= 0.6 is 19.1 Å². The molecule has 3 aliphatic rings. The predicted octanol–water partition coefficient (Wildman–Crippen LogP) is 7.75. The van der Waals surface area contributed by atoms with E-state index in [0.29, 0.717) is 33.8 Å². The second kappa shape index (κ2) is 19.8. The number of hydrogen-bond donors (Lipinski definition) is 4. The van der Waals surface area contributed by atoms with Gasteiger partial charge in [-0.1, -0.05) is 26.8 Å². The number of amides is 4. The monoisotopic (exact) mass is 925 g/mol. The normalized spacial score (nSPS) is 21.8. The van der Waals surface area contributed by atoms with Gasteiger partial charge in [-0.15, -0.1) is 17.9 Å². The van der Waals surface area contributed by atoms with E-state index in [4.69, 9.17) is 33.2 Å². The first-order valence-corrected chi connectivity index (χ1v) is 24.5. The largest absolute Gasteiger partial charge is 0.497 e. The van der Waals surface area contributed by atoms with Gasteiger partial charge in [0.15, 0.2) is 5.13 Å². The fourth-order valence-corrected chi connectivity index (χ4v) is 10.7. The van der Waals surface area contributed by atoms with E-state index in [9.17, 15) is 23.7 Å². The zero-order chi connectivity index (χ0) is 46.7. The number of carbonyl (C=O) groups is 4. The molecule has 0 spiro atoms. The lowest BCUT2D eigenvalue weighted by atomic mass is 9.85. The van der Waals surface area contributed by atoms with Gasteiger partial charge in [0, 0.05) is 41.3 Å². The molecule has 5 atom stereocenters. The molecule has 2 saturated carbocycles. The lowest BCUT2D eigenvalue weighted by Gasteiger charge is -2.35. The second-order valence-electron chi connectivity index (χ2n) is 18.7. The second-order valence-corrected chi connectivity index (χ2v) is 21.2. The Morgan fingerprint density at radius 1 is 0.984 bits per heavy atom. The van der Waals surface area contributed by atoms with Crippen molar-refractivity contribution in [2.75, 3.05) is 19.0 Å². The van der Waals surface area contributed by atoms with Gasteiger partial charge in [-0.3, -0.25) is 28.5 Å². The number of rotatable bonds is 18. The van der Waals surface area contributed by atoms with E-state index >= 15 is 0 Å². The van der Waals surface area contributed by atoms with Crippen LogP contribution in [0.3, 0.4) is 0 Å². The molecule has 3 aromatic rings. The van der Waals surface area contributed by atoms with Gasteiger partial charge in [0.05, 0.1) is 37.1 Å². The summed E-state index contributed by atoms with van der Waals surface area (Å²) < 4.78 is 43.0. The third-order valence-corrected chi connectivity index (χ3v) is 13.9. The maximum Gasteiger partial charge on any atom is 0.435 e. The highest BCUT2D eigenvalue weighted by Gasteiger charge is 2.62. The molecule has 6 rings (SSSR count). The minimum absolute atomic E-state index is 0.0112. The van der Waals surface area contributed by atoms with E-state index in [1.807, 2.05) is 46.1 Å². The molecule has 4 N–H and O–H groups in total. The van der Waals surface area contributed by atoms with Gasteiger partial charge in [0.1, 0.15) is 47.0 Å². The van der Waals surface area contributed by atoms with Gasteiger partial charge in [0.25, 0.3) is 5.91 Å². The van der Waals surface area contributed by atoms with Crippen LogP contribution in [0.1, 0.15) is 101 Å². The highest BCUT2D eigenvalue weighted by molar-refractivity contribution is 7.52. The molecule has 2 aromatic heterocycles. The fraction of sp³-hybridized carbons (Fsp3) is 0.600. The summed E-state index contributed by atoms with van der Waals surface area (Å²) in [5.41, 5.74) is -0.648. The molecule has 1 aliphatic heterocycles. The number of likely N-dealkylation sites (tertiary alicyclic amines) is 1. The number of thiazole rings is 1. The Kier molecular flexibility index (Phi) is 15.0. The molecule has 17 nitrogen and oxygen atoms in total. The van der Waals surface area contributed by atoms with Crippen LogP contribution in [0.2, 0.25) is 0 Å². The summed E-state index contributed by atoms with van der Waals surface area (Å²) in [5.74, 6) is -1.46. The van der Waals surface area contributed by atoms with Crippen LogP contribution in [0.15, 0.2) is 42.3 Å². The van der Waals surface area contributed by atoms with Crippen LogP contribution in [-0.4, -0.2) is 100 Å². The number of anilines is 1. The summed E-state index contributed by atoms with van der Waals surface area (Å²) in [6.45, 7) is 20.0. The summed E-state index contributed by atoms with van der Waals surface area (Å²) >= 11 is 1.45. The van der Waals surface area contributed by atoms with Crippen LogP contribution < -0.4 is 30.5 Å². The Morgan fingerprint density at radius 3 is 2.27 bits per heavy atom. The molecule has 1 saturated heterocycles. The molecule has 2 aliphatic carbocycles. The zero-order valence-electron chi connectivity index (χ0n) is 38.5. The summed E-state index contributed by atoms with van der Waals surface area (Å²) in [6.07, 6.45) is 2.27. The van der Waals surface area contributed by atoms with E-state index in [1.165, 1.54) is 16.2 Å². The van der Waals surface area contributed by atoms with E-state index in [0.717, 1.165) is 30.8 Å². The quantitative estimate of drug-likeness (QED) is 0.0712. The Bertz CT molecular complexity index is 2240. The average molecular weight is 926 g/mol. The SMILES string of the molecule is C=C[C@@H]1C[C@]1(NC(=O)[C@@H]1C[C@@H](Oc2cc(-c3csc(NC(C)C)n3)nc3cc(OC)ccc23)CN1C(=O)[C@@H](NC(=O)OC1CCCC1)C(C)(C)C)C(=O)NP(=O)(OC(C)C)OC(C)C. The first-order valence-electron chi connectivity index (χ1n) is 22.0. The first-order chi connectivity index (χ1) is 30.1. The van der Waals surface area contributed by atoms with Crippen molar-refractivity contribution in [2.24, 2.45) is 11.3 Å². The Hall–Kier alpha value is -4.77. The highest BCUT2D eigenvalue weighted by atomic mass is 32.1. The first kappa shape index (κ1) is 48.7. The molecule has 19 heteroatoms. The van der Waals surface area contributed by atoms with Crippen molar-refractivity contribution < 1.29 is 47.0 Å². The third-order valence-electron chi connectivity index (χ3n) is 11.2. The van der Waals surface area contributed by atoms with E-state index < -0.39 is 78.8 Å². The number of ether oxygens (including phenoxy) is 3. The molecule has 64 heavy (non-hydrogen) atoms. The standard InChI is InChI=1S/C45H64N7O10PS/c1-12-28-22-45(28,41(55)51-63(57,61-26(4)5)62-27(6)7)50-39(53)36-20-31(23-52(36)40(54)38(44(8,9)10)49-43(56)60-29-15-13-14-16-29)59-37-21-34(35-24-64-42(48-35)46-25(2)3)47-33-19-30(58-11)17-18-32(33)37/h12,17-19,21,24-29,31,36,38H,1,13-16,20,22-23H2,2-11H3,(H,46,48)(H,49,56)(H,50,53)(H,51,55,57)/t28-,31-,36+,38-,45-/m1/s1. The Balaban J connectivity index is 1.34. The molecule has 0 unspecified atom stereocenters. The number of methoxy groups -OCH3 is 1. The number of hydrogen-bond acceptors (Lipinski definition) is 14. The average Bonchev–Trinajstić information content (AvgIpc) is 3.61. The van der Waals surface area contributed by atoms with Crippen LogP contribution in [0, 0.1) is 11.3 Å². The number of aromatic nitrogens is 2. The number of carbonyl (C=O) groups excluding carboxylic acids is 4. The highest BCUT2D eigenvalue weighted by Crippen LogP contribution is 2.51. The molecule has 350 valence electrons. The van der Waals surface area contributed by atoms with Crippen molar-refractivity contribution in [1.82, 2.24) is 30.6 Å². The Labute approximate surface area is 379 Å². The van der Waals surface area contributed by atoms with Gasteiger partial charge < -0.3 is 35.1 Å². The zero-order valence-corrected chi connectivity index (χ0v) is 40.2. The van der Waals surface area contributed by atoms with Gasteiger partial charge in [-0.25, -0.2) is 19.3 Å². The summed E-state index contributed by atoms with van der Waals surface area (Å²) in [6, 6.07) is 5.10. The maximum atomic E-state index is 14.9. The van der Waals surface area contributed by atoms with Crippen molar-refractivity contribution >= 4 is 58.9 Å². The molecule has 0 bridgehead atoms. The maximum absolute atomic E-state index is 14.9. The number of alkyl carbamates (subject to hydrolysis) is 1. The number of benzene rings is 1. The van der Waals surface area contributed by atoms with Gasteiger partial charge in [-0.2, -0.15) is 0 Å². The van der Waals surface area contributed by atoms with Gasteiger partial charge in [0.2, 0.25) is 11.8 Å². The summed E-state index contributed by atoms with van der Waals surface area (Å²) in [5, 5.41) is 14.8. The fourth-order valence-electron chi connectivity index (χ4n) is 8.11. The van der Waals surface area contributed by atoms with Gasteiger partial charge >= 0.3 is 13.8 Å². The third kappa shape index (κ3) is 11.5. The number of pyridine rings is 1. The molecule has 0 radical (unpaired) electrons. The van der Waals surface area contributed by atoms with Crippen molar-refractivity contribution in [1.29, 1.82) is 0 Å². The van der Waals surface area contributed by atoms with E-state index in [2.05, 4.69) is 27.6 Å². The van der Waals surface area contributed by atoms with Crippen molar-refractivity contribution in [2.45, 2.75) is 149 Å². The molecular formula is C45H64N7O10PS. The number of nitrogens with zero attached hydrogens (tertiary/aromatic N) is 3. The summed E-state index contributed by atoms with van der Waals surface area (Å²) in [7, 11) is -2.61. The van der Waals surface area contributed by atoms with Crippen molar-refractivity contribution in [3.05, 3.63) is 42.3 Å². The predicted molar refractivity (Wildman–Crippen MR) is 245 cm³/mol. The Morgan fingerprint density at radius 2 is 1.67 bits per heavy atom. The number of fused-ring (bicyclic) bond motifs is 1. The molecular weight excluding hydrogens is 862 g/mol. The molecule has 1 aromatic carbocycles. The smallest absolute Gasteiger partial charge is 0.435 e. The minimum Gasteiger partial charge on any atom is -0.497 e. The van der Waals surface area contributed by atoms with Crippen LogP contribution in [0.4, 0.5) is 9.93 Å². The van der Waals surface area contributed by atoms with Gasteiger partial charge in [-0.05, 0) is 91.2 Å². The number of nitrogens with one attached hydrogen (secondary N) is 4. The lowest BCUT2D eigenvalue weighted by Crippen LogP contribution is -2.60. The minimum atomic E-state index is -4.18. The molecule has 4 amide bonds.